The number of hydrogen-bond donors (Lipinski definition) is 0. The number of nitrogens with zero attached hydrogens (tertiary/aromatic N) is 6. The highest BCUT2D eigenvalue weighted by Gasteiger charge is 2.19. The van der Waals surface area contributed by atoms with Crippen molar-refractivity contribution in [2.24, 2.45) is 0 Å². The molecular weight excluding hydrogens is 432 g/mol. The summed E-state index contributed by atoms with van der Waals surface area (Å²) in [5.41, 5.74) is 3.84. The molecule has 6 heteroatoms. The minimum Gasteiger partial charge on any atom is -0.217 e. The van der Waals surface area contributed by atoms with Gasteiger partial charge in [0.15, 0.2) is 11.6 Å². The van der Waals surface area contributed by atoms with Gasteiger partial charge in [-0.3, -0.25) is 0 Å². The highest BCUT2D eigenvalue weighted by atomic mass is 15.4. The van der Waals surface area contributed by atoms with Gasteiger partial charge in [0.05, 0.1) is 17.8 Å². The van der Waals surface area contributed by atoms with Gasteiger partial charge < -0.3 is 0 Å². The van der Waals surface area contributed by atoms with Crippen molar-refractivity contribution in [2.75, 3.05) is 0 Å². The number of aromatic nitrogens is 6. The second-order valence-electron chi connectivity index (χ2n) is 8.11. The Morgan fingerprint density at radius 1 is 0.429 bits per heavy atom. The van der Waals surface area contributed by atoms with Gasteiger partial charge in [-0.2, -0.15) is 0 Å². The van der Waals surface area contributed by atoms with Crippen molar-refractivity contribution in [1.82, 2.24) is 29.5 Å². The Bertz CT molecular complexity index is 1420. The van der Waals surface area contributed by atoms with E-state index >= 15 is 0 Å². The van der Waals surface area contributed by atoms with Crippen LogP contribution in [0.1, 0.15) is 11.6 Å². The van der Waals surface area contributed by atoms with Crippen molar-refractivity contribution in [3.8, 4) is 34.2 Å². The third kappa shape index (κ3) is 4.25. The molecular formula is C29H22N6. The first-order chi connectivity index (χ1) is 17.3. The SMILES string of the molecule is c1ccc(-c2nc(Cc3nc(-c4ccccc4)nn3-c3ccccc3)n(-c3ccccc3)n2)cc1. The second kappa shape index (κ2) is 9.19. The molecule has 6 nitrogen and oxygen atoms in total. The fourth-order valence-electron chi connectivity index (χ4n) is 4.03. The largest absolute Gasteiger partial charge is 0.217 e. The fourth-order valence-corrected chi connectivity index (χ4v) is 4.03. The van der Waals surface area contributed by atoms with E-state index in [-0.39, 0.29) is 0 Å². The summed E-state index contributed by atoms with van der Waals surface area (Å²) in [7, 11) is 0. The van der Waals surface area contributed by atoms with E-state index < -0.39 is 0 Å². The minimum absolute atomic E-state index is 0.462. The Labute approximate surface area is 203 Å². The molecule has 0 saturated carbocycles. The third-order valence-corrected chi connectivity index (χ3v) is 5.73. The van der Waals surface area contributed by atoms with Crippen molar-refractivity contribution in [2.45, 2.75) is 6.42 Å². The van der Waals surface area contributed by atoms with Crippen LogP contribution in [0.15, 0.2) is 121 Å². The van der Waals surface area contributed by atoms with Gasteiger partial charge in [0.2, 0.25) is 0 Å². The van der Waals surface area contributed by atoms with Crippen LogP contribution >= 0.6 is 0 Å². The molecule has 0 saturated heterocycles. The maximum absolute atomic E-state index is 4.94. The second-order valence-corrected chi connectivity index (χ2v) is 8.11. The lowest BCUT2D eigenvalue weighted by atomic mass is 10.2. The first-order valence-electron chi connectivity index (χ1n) is 11.5. The van der Waals surface area contributed by atoms with Crippen molar-refractivity contribution in [3.05, 3.63) is 133 Å². The van der Waals surface area contributed by atoms with E-state index in [1.165, 1.54) is 0 Å². The molecule has 6 rings (SSSR count). The summed E-state index contributed by atoms with van der Waals surface area (Å²) in [6, 6.07) is 40.2. The number of hydrogen-bond acceptors (Lipinski definition) is 4. The van der Waals surface area contributed by atoms with Crippen LogP contribution in [0.5, 0.6) is 0 Å². The molecule has 0 bridgehead atoms. The fraction of sp³-hybridized carbons (Fsp3) is 0.0345. The van der Waals surface area contributed by atoms with E-state index in [2.05, 4.69) is 0 Å². The molecule has 0 radical (unpaired) electrons. The molecule has 2 heterocycles. The summed E-state index contributed by atoms with van der Waals surface area (Å²) >= 11 is 0. The van der Waals surface area contributed by atoms with Crippen LogP contribution in [0.2, 0.25) is 0 Å². The Balaban J connectivity index is 1.48. The zero-order chi connectivity index (χ0) is 23.5. The summed E-state index contributed by atoms with van der Waals surface area (Å²) in [6.45, 7) is 0. The van der Waals surface area contributed by atoms with Crippen LogP contribution in [0.25, 0.3) is 34.2 Å². The molecule has 0 fully saturated rings. The maximum atomic E-state index is 4.94. The van der Waals surface area contributed by atoms with E-state index in [1.54, 1.807) is 0 Å². The van der Waals surface area contributed by atoms with Crippen molar-refractivity contribution < 1.29 is 0 Å². The molecule has 2 aromatic heterocycles. The number of para-hydroxylation sites is 2. The van der Waals surface area contributed by atoms with Gasteiger partial charge in [0, 0.05) is 11.1 Å². The van der Waals surface area contributed by atoms with Gasteiger partial charge in [-0.15, -0.1) is 10.2 Å². The summed E-state index contributed by atoms with van der Waals surface area (Å²) in [5, 5.41) is 9.72. The van der Waals surface area contributed by atoms with Gasteiger partial charge >= 0.3 is 0 Å². The molecule has 0 N–H and O–H groups in total. The first kappa shape index (κ1) is 20.7. The Morgan fingerprint density at radius 3 is 1.14 bits per heavy atom. The molecule has 0 spiro atoms. The van der Waals surface area contributed by atoms with Gasteiger partial charge in [0.1, 0.15) is 11.6 Å². The van der Waals surface area contributed by atoms with Gasteiger partial charge in [-0.05, 0) is 24.3 Å². The molecule has 0 aliphatic carbocycles. The smallest absolute Gasteiger partial charge is 0.181 e. The Hall–Kier alpha value is -4.84. The Kier molecular flexibility index (Phi) is 5.45. The van der Waals surface area contributed by atoms with Crippen LogP contribution in [0.4, 0.5) is 0 Å². The van der Waals surface area contributed by atoms with Crippen LogP contribution in [-0.4, -0.2) is 29.5 Å². The number of rotatable bonds is 6. The van der Waals surface area contributed by atoms with E-state index in [9.17, 15) is 0 Å². The Morgan fingerprint density at radius 2 is 0.771 bits per heavy atom. The minimum atomic E-state index is 0.462. The molecule has 4 aromatic carbocycles. The zero-order valence-electron chi connectivity index (χ0n) is 18.9. The maximum Gasteiger partial charge on any atom is 0.181 e. The summed E-state index contributed by atoms with van der Waals surface area (Å²) < 4.78 is 3.79. The normalized spacial score (nSPS) is 11.0. The molecule has 0 unspecified atom stereocenters. The predicted octanol–water partition coefficient (Wildman–Crippen LogP) is 5.77. The lowest BCUT2D eigenvalue weighted by Crippen LogP contribution is -2.09. The summed E-state index contributed by atoms with van der Waals surface area (Å²) in [5.74, 6) is 2.94. The average molecular weight is 455 g/mol. The molecule has 168 valence electrons. The molecule has 0 aliphatic heterocycles. The highest BCUT2D eigenvalue weighted by Crippen LogP contribution is 2.23. The van der Waals surface area contributed by atoms with Crippen LogP contribution in [0, 0.1) is 0 Å². The lowest BCUT2D eigenvalue weighted by molar-refractivity contribution is 0.756. The molecule has 0 aliphatic rings. The highest BCUT2D eigenvalue weighted by molar-refractivity contribution is 5.56. The topological polar surface area (TPSA) is 61.4 Å². The quantitative estimate of drug-likeness (QED) is 0.320. The van der Waals surface area contributed by atoms with Gasteiger partial charge in [0.25, 0.3) is 0 Å². The summed E-state index contributed by atoms with van der Waals surface area (Å²) in [6.07, 6.45) is 0.462. The van der Waals surface area contributed by atoms with Gasteiger partial charge in [-0.25, -0.2) is 19.3 Å². The monoisotopic (exact) mass is 454 g/mol. The van der Waals surface area contributed by atoms with E-state index in [0.29, 0.717) is 18.1 Å². The van der Waals surface area contributed by atoms with Gasteiger partial charge in [-0.1, -0.05) is 97.1 Å². The summed E-state index contributed by atoms with van der Waals surface area (Å²) in [4.78, 5) is 9.88. The van der Waals surface area contributed by atoms with Crippen molar-refractivity contribution in [1.29, 1.82) is 0 Å². The first-order valence-corrected chi connectivity index (χ1v) is 11.5. The van der Waals surface area contributed by atoms with E-state index in [4.69, 9.17) is 20.2 Å². The molecule has 6 aromatic rings. The van der Waals surface area contributed by atoms with Crippen molar-refractivity contribution in [3.63, 3.8) is 0 Å². The van der Waals surface area contributed by atoms with Crippen molar-refractivity contribution >= 4 is 0 Å². The average Bonchev–Trinajstić information content (AvgIpc) is 3.56. The molecule has 35 heavy (non-hydrogen) atoms. The van der Waals surface area contributed by atoms with E-state index in [0.717, 1.165) is 34.2 Å². The third-order valence-electron chi connectivity index (χ3n) is 5.73. The van der Waals surface area contributed by atoms with Crippen LogP contribution in [-0.2, 0) is 6.42 Å². The number of benzene rings is 4. The lowest BCUT2D eigenvalue weighted by Gasteiger charge is -2.07. The van der Waals surface area contributed by atoms with E-state index in [1.807, 2.05) is 131 Å². The van der Waals surface area contributed by atoms with Crippen LogP contribution < -0.4 is 0 Å². The molecule has 0 amide bonds. The van der Waals surface area contributed by atoms with Crippen LogP contribution in [0.3, 0.4) is 0 Å². The molecule has 0 atom stereocenters. The zero-order valence-corrected chi connectivity index (χ0v) is 18.9. The predicted molar refractivity (Wildman–Crippen MR) is 136 cm³/mol. The standard InChI is InChI=1S/C29H22N6/c1-5-13-22(14-6-1)28-30-26(34(32-28)24-17-9-3-10-18-24)21-27-31-29(23-15-7-2-8-16-23)33-35(27)25-19-11-4-12-20-25/h1-20H,21H2.